The standard InChI is InChI=1S/C9H13ClN2O2S/c10-9-3-1-8(2-4-9)7-12-15(13,14)6-5-11/h1-4,12H,5-7,11H2. The normalized spacial score (nSPS) is 11.6. The molecule has 0 radical (unpaired) electrons. The second-order valence-corrected chi connectivity index (χ2v) is 5.42. The van der Waals surface area contributed by atoms with Crippen molar-refractivity contribution in [3.05, 3.63) is 34.9 Å². The quantitative estimate of drug-likeness (QED) is 0.807. The van der Waals surface area contributed by atoms with Crippen molar-refractivity contribution in [1.82, 2.24) is 4.72 Å². The fourth-order valence-corrected chi connectivity index (χ4v) is 1.99. The Labute approximate surface area is 94.5 Å². The van der Waals surface area contributed by atoms with Crippen molar-refractivity contribution in [3.63, 3.8) is 0 Å². The lowest BCUT2D eigenvalue weighted by atomic mass is 10.2. The van der Waals surface area contributed by atoms with Gasteiger partial charge in [0.25, 0.3) is 0 Å². The molecule has 84 valence electrons. The van der Waals surface area contributed by atoms with Crippen LogP contribution in [0.1, 0.15) is 5.56 Å². The van der Waals surface area contributed by atoms with E-state index in [1.54, 1.807) is 24.3 Å². The zero-order valence-electron chi connectivity index (χ0n) is 8.11. The van der Waals surface area contributed by atoms with Crippen LogP contribution in [0.4, 0.5) is 0 Å². The summed E-state index contributed by atoms with van der Waals surface area (Å²) in [5.41, 5.74) is 6.03. The van der Waals surface area contributed by atoms with Crippen molar-refractivity contribution in [1.29, 1.82) is 0 Å². The third-order valence-corrected chi connectivity index (χ3v) is 3.41. The Balaban J connectivity index is 2.54. The fraction of sp³-hybridized carbons (Fsp3) is 0.333. The van der Waals surface area contributed by atoms with Gasteiger partial charge in [-0.2, -0.15) is 0 Å². The van der Waals surface area contributed by atoms with Crippen LogP contribution in [0.3, 0.4) is 0 Å². The lowest BCUT2D eigenvalue weighted by Crippen LogP contribution is -2.29. The summed E-state index contributed by atoms with van der Waals surface area (Å²) in [4.78, 5) is 0. The third-order valence-electron chi connectivity index (χ3n) is 1.80. The Morgan fingerprint density at radius 3 is 2.40 bits per heavy atom. The molecule has 0 amide bonds. The number of sulfonamides is 1. The maximum atomic E-state index is 11.3. The molecule has 0 aliphatic carbocycles. The molecule has 4 nitrogen and oxygen atoms in total. The number of hydrogen-bond acceptors (Lipinski definition) is 3. The third kappa shape index (κ3) is 4.61. The van der Waals surface area contributed by atoms with Gasteiger partial charge in [0.1, 0.15) is 0 Å². The van der Waals surface area contributed by atoms with Crippen LogP contribution in [-0.4, -0.2) is 20.7 Å². The van der Waals surface area contributed by atoms with Gasteiger partial charge in [-0.25, -0.2) is 13.1 Å². The van der Waals surface area contributed by atoms with Crippen molar-refractivity contribution in [2.75, 3.05) is 12.3 Å². The highest BCUT2D eigenvalue weighted by atomic mass is 35.5. The van der Waals surface area contributed by atoms with E-state index in [1.165, 1.54) is 0 Å². The van der Waals surface area contributed by atoms with Gasteiger partial charge in [0.15, 0.2) is 0 Å². The lowest BCUT2D eigenvalue weighted by molar-refractivity contribution is 0.581. The average molecular weight is 249 g/mol. The first kappa shape index (κ1) is 12.4. The van der Waals surface area contributed by atoms with Crippen molar-refractivity contribution in [3.8, 4) is 0 Å². The second-order valence-electron chi connectivity index (χ2n) is 3.06. The molecule has 0 atom stereocenters. The van der Waals surface area contributed by atoms with Crippen LogP contribution in [0.5, 0.6) is 0 Å². The van der Waals surface area contributed by atoms with Crippen molar-refractivity contribution >= 4 is 21.6 Å². The largest absolute Gasteiger partial charge is 0.329 e. The Bertz CT molecular complexity index is 403. The number of halogens is 1. The van der Waals surface area contributed by atoms with E-state index in [-0.39, 0.29) is 18.8 Å². The first-order chi connectivity index (χ1) is 7.03. The molecule has 15 heavy (non-hydrogen) atoms. The smallest absolute Gasteiger partial charge is 0.213 e. The summed E-state index contributed by atoms with van der Waals surface area (Å²) in [6.07, 6.45) is 0. The summed E-state index contributed by atoms with van der Waals surface area (Å²) in [6.45, 7) is 0.384. The summed E-state index contributed by atoms with van der Waals surface area (Å²) in [5.74, 6) is -0.0550. The summed E-state index contributed by atoms with van der Waals surface area (Å²) in [5, 5.41) is 0.628. The topological polar surface area (TPSA) is 72.2 Å². The molecule has 0 aromatic heterocycles. The molecule has 0 aliphatic rings. The van der Waals surface area contributed by atoms with Gasteiger partial charge in [0.2, 0.25) is 10.0 Å². The van der Waals surface area contributed by atoms with E-state index in [0.717, 1.165) is 5.56 Å². The van der Waals surface area contributed by atoms with E-state index in [0.29, 0.717) is 5.02 Å². The minimum absolute atomic E-state index is 0.0550. The van der Waals surface area contributed by atoms with E-state index < -0.39 is 10.0 Å². The summed E-state index contributed by atoms with van der Waals surface area (Å²) >= 11 is 5.70. The molecule has 0 spiro atoms. The van der Waals surface area contributed by atoms with Gasteiger partial charge >= 0.3 is 0 Å². The Morgan fingerprint density at radius 2 is 1.87 bits per heavy atom. The van der Waals surface area contributed by atoms with Gasteiger partial charge < -0.3 is 5.73 Å². The number of nitrogens with two attached hydrogens (primary N) is 1. The molecular formula is C9H13ClN2O2S. The molecule has 0 saturated heterocycles. The van der Waals surface area contributed by atoms with Crippen LogP contribution in [0.2, 0.25) is 5.02 Å². The van der Waals surface area contributed by atoms with E-state index in [9.17, 15) is 8.42 Å². The number of benzene rings is 1. The van der Waals surface area contributed by atoms with E-state index >= 15 is 0 Å². The van der Waals surface area contributed by atoms with Gasteiger partial charge in [0, 0.05) is 18.1 Å². The lowest BCUT2D eigenvalue weighted by Gasteiger charge is -2.05. The maximum absolute atomic E-state index is 11.3. The molecule has 3 N–H and O–H groups in total. The van der Waals surface area contributed by atoms with Crippen molar-refractivity contribution in [2.24, 2.45) is 5.73 Å². The highest BCUT2D eigenvalue weighted by molar-refractivity contribution is 7.89. The van der Waals surface area contributed by atoms with Gasteiger partial charge in [0.05, 0.1) is 5.75 Å². The number of rotatable bonds is 5. The summed E-state index contributed by atoms with van der Waals surface area (Å²) in [7, 11) is -3.25. The van der Waals surface area contributed by atoms with Crippen LogP contribution in [-0.2, 0) is 16.6 Å². The maximum Gasteiger partial charge on any atom is 0.213 e. The molecule has 1 rings (SSSR count). The zero-order chi connectivity index (χ0) is 11.3. The molecule has 0 saturated carbocycles. The first-order valence-electron chi connectivity index (χ1n) is 4.45. The van der Waals surface area contributed by atoms with Crippen molar-refractivity contribution in [2.45, 2.75) is 6.54 Å². The van der Waals surface area contributed by atoms with Crippen LogP contribution < -0.4 is 10.5 Å². The highest BCUT2D eigenvalue weighted by Crippen LogP contribution is 2.09. The van der Waals surface area contributed by atoms with Crippen LogP contribution >= 0.6 is 11.6 Å². The summed E-state index contributed by atoms with van der Waals surface area (Å²) in [6, 6.07) is 6.98. The minimum atomic E-state index is -3.25. The highest BCUT2D eigenvalue weighted by Gasteiger charge is 2.07. The average Bonchev–Trinajstić information content (AvgIpc) is 2.17. The Hall–Kier alpha value is -0.620. The molecule has 1 aromatic carbocycles. The van der Waals surface area contributed by atoms with Crippen LogP contribution in [0.25, 0.3) is 0 Å². The second kappa shape index (κ2) is 5.46. The molecule has 1 aromatic rings. The molecule has 6 heteroatoms. The SMILES string of the molecule is NCCS(=O)(=O)NCc1ccc(Cl)cc1. The minimum Gasteiger partial charge on any atom is -0.329 e. The molecular weight excluding hydrogens is 236 g/mol. The zero-order valence-corrected chi connectivity index (χ0v) is 9.68. The first-order valence-corrected chi connectivity index (χ1v) is 6.48. The molecule has 0 unspecified atom stereocenters. The van der Waals surface area contributed by atoms with Gasteiger partial charge in [-0.3, -0.25) is 0 Å². The van der Waals surface area contributed by atoms with E-state index in [1.807, 2.05) is 0 Å². The molecule has 0 bridgehead atoms. The Kier molecular flexibility index (Phi) is 4.53. The van der Waals surface area contributed by atoms with E-state index in [4.69, 9.17) is 17.3 Å². The van der Waals surface area contributed by atoms with Crippen molar-refractivity contribution < 1.29 is 8.42 Å². The number of hydrogen-bond donors (Lipinski definition) is 2. The molecule has 0 fully saturated rings. The summed E-state index contributed by atoms with van der Waals surface area (Å²) < 4.78 is 25.0. The van der Waals surface area contributed by atoms with Gasteiger partial charge in [-0.1, -0.05) is 23.7 Å². The fourth-order valence-electron chi connectivity index (χ4n) is 1.02. The van der Waals surface area contributed by atoms with Gasteiger partial charge in [-0.05, 0) is 17.7 Å². The number of nitrogens with one attached hydrogen (secondary N) is 1. The predicted molar refractivity (Wildman–Crippen MR) is 61.1 cm³/mol. The van der Waals surface area contributed by atoms with Gasteiger partial charge in [-0.15, -0.1) is 0 Å². The van der Waals surface area contributed by atoms with E-state index in [2.05, 4.69) is 4.72 Å². The monoisotopic (exact) mass is 248 g/mol. The van der Waals surface area contributed by atoms with Crippen LogP contribution in [0, 0.1) is 0 Å². The van der Waals surface area contributed by atoms with Crippen LogP contribution in [0.15, 0.2) is 24.3 Å². The predicted octanol–water partition coefficient (Wildman–Crippen LogP) is 0.718. The molecule has 0 heterocycles. The Morgan fingerprint density at radius 1 is 1.27 bits per heavy atom. The molecule has 0 aliphatic heterocycles.